The van der Waals surface area contributed by atoms with Crippen LogP contribution in [-0.4, -0.2) is 45.1 Å². The molecule has 2 aliphatic heterocycles. The molecule has 1 saturated heterocycles. The second-order valence-corrected chi connectivity index (χ2v) is 5.64. The zero-order valence-electron chi connectivity index (χ0n) is 10.4. The van der Waals surface area contributed by atoms with Gasteiger partial charge in [0.05, 0.1) is 0 Å². The smallest absolute Gasteiger partial charge is 0.336 e. The average molecular weight is 270 g/mol. The number of aliphatic carboxylic acids is 1. The number of thioether (sulfide) groups is 1. The first-order valence-corrected chi connectivity index (χ1v) is 7.29. The molecule has 2 N–H and O–H groups in total. The first-order valence-electron chi connectivity index (χ1n) is 6.24. The number of hydrogen-bond donors (Lipinski definition) is 2. The number of carbonyl (C=O) groups excluding carboxylic acids is 1. The van der Waals surface area contributed by atoms with Crippen molar-refractivity contribution in [2.45, 2.75) is 37.1 Å². The van der Waals surface area contributed by atoms with E-state index in [4.69, 9.17) is 0 Å². The molecule has 0 spiro atoms. The SMILES string of the molecule is CCCCCNC1(C(=O)O)C(=O)N2C=CCS[C@H]21. The van der Waals surface area contributed by atoms with E-state index >= 15 is 0 Å². The molecular weight excluding hydrogens is 252 g/mol. The fourth-order valence-electron chi connectivity index (χ4n) is 2.31. The summed E-state index contributed by atoms with van der Waals surface area (Å²) in [5, 5.41) is 12.1. The molecule has 6 heteroatoms. The van der Waals surface area contributed by atoms with Crippen LogP contribution in [0.5, 0.6) is 0 Å². The highest BCUT2D eigenvalue weighted by Crippen LogP contribution is 2.41. The lowest BCUT2D eigenvalue weighted by Gasteiger charge is -2.52. The Hall–Kier alpha value is -1.01. The van der Waals surface area contributed by atoms with Gasteiger partial charge in [-0.1, -0.05) is 25.8 Å². The number of amides is 1. The van der Waals surface area contributed by atoms with Crippen LogP contribution >= 0.6 is 11.8 Å². The summed E-state index contributed by atoms with van der Waals surface area (Å²) in [6, 6.07) is 0. The lowest BCUT2D eigenvalue weighted by molar-refractivity contribution is -0.167. The molecule has 0 saturated carbocycles. The minimum atomic E-state index is -1.41. The number of rotatable bonds is 6. The first-order chi connectivity index (χ1) is 8.64. The van der Waals surface area contributed by atoms with E-state index in [0.717, 1.165) is 25.0 Å². The van der Waals surface area contributed by atoms with Gasteiger partial charge in [0.25, 0.3) is 5.91 Å². The molecule has 1 amide bonds. The first kappa shape index (κ1) is 13.4. The molecule has 18 heavy (non-hydrogen) atoms. The van der Waals surface area contributed by atoms with E-state index in [1.54, 1.807) is 6.20 Å². The maximum Gasteiger partial charge on any atom is 0.336 e. The predicted molar refractivity (Wildman–Crippen MR) is 70.1 cm³/mol. The van der Waals surface area contributed by atoms with E-state index in [1.165, 1.54) is 16.7 Å². The molecule has 2 atom stereocenters. The van der Waals surface area contributed by atoms with Crippen LogP contribution in [0.25, 0.3) is 0 Å². The Kier molecular flexibility index (Phi) is 3.97. The second-order valence-electron chi connectivity index (χ2n) is 4.53. The van der Waals surface area contributed by atoms with Gasteiger partial charge in [-0.25, -0.2) is 4.79 Å². The average Bonchev–Trinajstić information content (AvgIpc) is 2.38. The lowest BCUT2D eigenvalue weighted by atomic mass is 9.87. The van der Waals surface area contributed by atoms with Gasteiger partial charge in [-0.2, -0.15) is 0 Å². The molecule has 2 rings (SSSR count). The highest BCUT2D eigenvalue weighted by Gasteiger charge is 2.66. The van der Waals surface area contributed by atoms with Crippen molar-refractivity contribution in [2.75, 3.05) is 12.3 Å². The molecule has 1 fully saturated rings. The second kappa shape index (κ2) is 5.32. The summed E-state index contributed by atoms with van der Waals surface area (Å²) >= 11 is 1.49. The van der Waals surface area contributed by atoms with Crippen LogP contribution in [-0.2, 0) is 9.59 Å². The Morgan fingerprint density at radius 2 is 2.44 bits per heavy atom. The van der Waals surface area contributed by atoms with E-state index in [2.05, 4.69) is 12.2 Å². The van der Waals surface area contributed by atoms with Crippen molar-refractivity contribution < 1.29 is 14.7 Å². The van der Waals surface area contributed by atoms with Gasteiger partial charge in [-0.05, 0) is 13.0 Å². The van der Waals surface area contributed by atoms with E-state index in [-0.39, 0.29) is 11.3 Å². The lowest BCUT2D eigenvalue weighted by Crippen LogP contribution is -2.81. The summed E-state index contributed by atoms with van der Waals surface area (Å²) in [6.45, 7) is 2.66. The molecule has 0 radical (unpaired) electrons. The maximum atomic E-state index is 12.0. The summed E-state index contributed by atoms with van der Waals surface area (Å²) in [7, 11) is 0. The van der Waals surface area contributed by atoms with Gasteiger partial charge in [0.1, 0.15) is 5.37 Å². The van der Waals surface area contributed by atoms with Crippen LogP contribution in [0.4, 0.5) is 0 Å². The molecule has 1 unspecified atom stereocenters. The van der Waals surface area contributed by atoms with Crippen molar-refractivity contribution in [3.05, 3.63) is 12.3 Å². The van der Waals surface area contributed by atoms with Gasteiger partial charge in [-0.3, -0.25) is 10.1 Å². The molecule has 0 aromatic rings. The molecule has 0 bridgehead atoms. The summed E-state index contributed by atoms with van der Waals surface area (Å²) in [5.41, 5.74) is -1.41. The van der Waals surface area contributed by atoms with Crippen LogP contribution in [0.1, 0.15) is 26.2 Å². The van der Waals surface area contributed by atoms with Crippen LogP contribution in [0.3, 0.4) is 0 Å². The molecule has 0 aromatic heterocycles. The van der Waals surface area contributed by atoms with E-state index < -0.39 is 11.5 Å². The van der Waals surface area contributed by atoms with Crippen molar-refractivity contribution in [1.82, 2.24) is 10.2 Å². The number of carboxylic acids is 1. The molecule has 0 aliphatic carbocycles. The Morgan fingerprint density at radius 3 is 3.11 bits per heavy atom. The summed E-state index contributed by atoms with van der Waals surface area (Å²) in [6.07, 6.45) is 6.58. The van der Waals surface area contributed by atoms with Crippen LogP contribution in [0, 0.1) is 0 Å². The number of unbranched alkanes of at least 4 members (excludes halogenated alkanes) is 2. The maximum absolute atomic E-state index is 12.0. The highest BCUT2D eigenvalue weighted by molar-refractivity contribution is 8.00. The van der Waals surface area contributed by atoms with Crippen molar-refractivity contribution in [3.63, 3.8) is 0 Å². The van der Waals surface area contributed by atoms with Gasteiger partial charge in [0.2, 0.25) is 5.54 Å². The molecule has 0 aromatic carbocycles. The molecule has 2 aliphatic rings. The summed E-state index contributed by atoms with van der Waals surface area (Å²) in [4.78, 5) is 25.0. The topological polar surface area (TPSA) is 69.6 Å². The minimum absolute atomic E-state index is 0.311. The Bertz CT molecular complexity index is 386. The predicted octanol–water partition coefficient (Wildman–Crippen LogP) is 1.02. The molecular formula is C12H18N2O3S. The standard InChI is InChI=1S/C12H18N2O3S/c1-2-3-4-6-13-12(11(16)17)9(15)14-7-5-8-18-10(12)14/h5,7,10,13H,2-4,6,8H2,1H3,(H,16,17)/t10-,12?/m0/s1. The Balaban J connectivity index is 2.06. The monoisotopic (exact) mass is 270 g/mol. The van der Waals surface area contributed by atoms with Crippen LogP contribution in [0.15, 0.2) is 12.3 Å². The number of carboxylic acid groups (broad SMARTS) is 1. The fraction of sp³-hybridized carbons (Fsp3) is 0.667. The number of β-lactam (4-membered cyclic amide) rings is 1. The molecule has 100 valence electrons. The normalized spacial score (nSPS) is 29.9. The van der Waals surface area contributed by atoms with Gasteiger partial charge in [0.15, 0.2) is 0 Å². The minimum Gasteiger partial charge on any atom is -0.479 e. The van der Waals surface area contributed by atoms with Crippen molar-refractivity contribution in [3.8, 4) is 0 Å². The van der Waals surface area contributed by atoms with Crippen molar-refractivity contribution in [1.29, 1.82) is 0 Å². The number of hydrogen-bond acceptors (Lipinski definition) is 4. The number of carbonyl (C=O) groups is 2. The van der Waals surface area contributed by atoms with Crippen molar-refractivity contribution in [2.24, 2.45) is 0 Å². The number of nitrogens with zero attached hydrogens (tertiary/aromatic N) is 1. The van der Waals surface area contributed by atoms with Crippen LogP contribution in [0.2, 0.25) is 0 Å². The van der Waals surface area contributed by atoms with E-state index in [0.29, 0.717) is 6.54 Å². The van der Waals surface area contributed by atoms with E-state index in [1.807, 2.05) is 6.08 Å². The van der Waals surface area contributed by atoms with Crippen LogP contribution < -0.4 is 5.32 Å². The van der Waals surface area contributed by atoms with Gasteiger partial charge >= 0.3 is 5.97 Å². The van der Waals surface area contributed by atoms with Gasteiger partial charge in [0, 0.05) is 12.0 Å². The number of nitrogens with one attached hydrogen (secondary N) is 1. The zero-order valence-corrected chi connectivity index (χ0v) is 11.2. The third kappa shape index (κ3) is 1.93. The fourth-order valence-corrected chi connectivity index (χ4v) is 3.55. The van der Waals surface area contributed by atoms with Crippen molar-refractivity contribution >= 4 is 23.6 Å². The molecule has 2 heterocycles. The Morgan fingerprint density at radius 1 is 1.67 bits per heavy atom. The summed E-state index contributed by atoms with van der Waals surface area (Å²) in [5.74, 6) is -0.659. The van der Waals surface area contributed by atoms with E-state index in [9.17, 15) is 14.7 Å². The highest BCUT2D eigenvalue weighted by atomic mass is 32.2. The zero-order chi connectivity index (χ0) is 13.2. The third-order valence-electron chi connectivity index (χ3n) is 3.33. The summed E-state index contributed by atoms with van der Waals surface area (Å²) < 4.78 is 0. The number of fused-ring (bicyclic) bond motifs is 1. The molecule has 5 nitrogen and oxygen atoms in total. The Labute approximate surface area is 111 Å². The third-order valence-corrected chi connectivity index (χ3v) is 4.61. The van der Waals surface area contributed by atoms with Gasteiger partial charge in [-0.15, -0.1) is 11.8 Å². The van der Waals surface area contributed by atoms with Gasteiger partial charge < -0.3 is 10.0 Å². The quantitative estimate of drug-likeness (QED) is 0.428. The largest absolute Gasteiger partial charge is 0.479 e.